The Bertz CT molecular complexity index is 321. The van der Waals surface area contributed by atoms with Gasteiger partial charge in [-0.25, -0.2) is 0 Å². The van der Waals surface area contributed by atoms with Crippen LogP contribution in [0.2, 0.25) is 0 Å². The lowest BCUT2D eigenvalue weighted by Crippen LogP contribution is -2.12. The monoisotopic (exact) mass is 192 g/mol. The molecule has 0 aliphatic rings. The number of benzene rings is 1. The molecule has 0 aromatic heterocycles. The number of anilines is 1. The number of aliphatic carboxylic acids is 1. The van der Waals surface area contributed by atoms with Crippen molar-refractivity contribution in [2.45, 2.75) is 12.8 Å². The Morgan fingerprint density at radius 1 is 1.43 bits per heavy atom. The maximum absolute atomic E-state index is 11.1. The Kier molecular flexibility index (Phi) is 3.67. The van der Waals surface area contributed by atoms with Crippen LogP contribution in [-0.2, 0) is 9.59 Å². The molecular formula is C10H10NO3. The number of carboxylic acid groups (broad SMARTS) is 1. The van der Waals surface area contributed by atoms with Crippen LogP contribution >= 0.6 is 0 Å². The van der Waals surface area contributed by atoms with Gasteiger partial charge in [0.15, 0.2) is 0 Å². The van der Waals surface area contributed by atoms with E-state index in [9.17, 15) is 9.59 Å². The Morgan fingerprint density at radius 3 is 2.79 bits per heavy atom. The third-order valence-corrected chi connectivity index (χ3v) is 1.56. The number of rotatable bonds is 4. The minimum atomic E-state index is -0.972. The van der Waals surface area contributed by atoms with E-state index in [1.54, 1.807) is 24.3 Å². The molecule has 14 heavy (non-hydrogen) atoms. The summed E-state index contributed by atoms with van der Waals surface area (Å²) in [5.41, 5.74) is 0.628. The van der Waals surface area contributed by atoms with Crippen LogP contribution in [0.1, 0.15) is 12.8 Å². The fourth-order valence-electron chi connectivity index (χ4n) is 0.915. The lowest BCUT2D eigenvalue weighted by atomic mass is 10.2. The number of carboxylic acids is 1. The van der Waals surface area contributed by atoms with Gasteiger partial charge in [-0.1, -0.05) is 12.1 Å². The van der Waals surface area contributed by atoms with E-state index in [1.807, 2.05) is 0 Å². The van der Waals surface area contributed by atoms with Crippen molar-refractivity contribution in [1.82, 2.24) is 0 Å². The molecule has 0 aliphatic carbocycles. The van der Waals surface area contributed by atoms with Crippen LogP contribution in [-0.4, -0.2) is 17.0 Å². The van der Waals surface area contributed by atoms with Crippen molar-refractivity contribution in [1.29, 1.82) is 0 Å². The maximum atomic E-state index is 11.1. The third kappa shape index (κ3) is 3.71. The van der Waals surface area contributed by atoms with Gasteiger partial charge in [-0.3, -0.25) is 9.59 Å². The molecule has 0 unspecified atom stereocenters. The van der Waals surface area contributed by atoms with Crippen molar-refractivity contribution >= 4 is 17.6 Å². The van der Waals surface area contributed by atoms with Crippen molar-refractivity contribution in [3.8, 4) is 0 Å². The first-order valence-electron chi connectivity index (χ1n) is 4.16. The molecule has 73 valence electrons. The molecule has 4 nitrogen and oxygen atoms in total. The molecule has 1 aromatic carbocycles. The van der Waals surface area contributed by atoms with E-state index in [0.29, 0.717) is 5.69 Å². The summed E-state index contributed by atoms with van der Waals surface area (Å²) in [6, 6.07) is 9.60. The van der Waals surface area contributed by atoms with Crippen LogP contribution in [0.25, 0.3) is 0 Å². The van der Waals surface area contributed by atoms with Crippen LogP contribution < -0.4 is 5.32 Å². The van der Waals surface area contributed by atoms with Crippen LogP contribution in [0.15, 0.2) is 24.3 Å². The van der Waals surface area contributed by atoms with Gasteiger partial charge in [0.25, 0.3) is 0 Å². The van der Waals surface area contributed by atoms with E-state index in [-0.39, 0.29) is 18.7 Å². The normalized spacial score (nSPS) is 9.43. The topological polar surface area (TPSA) is 66.4 Å². The predicted octanol–water partition coefficient (Wildman–Crippen LogP) is 1.29. The minimum absolute atomic E-state index is 0.00969. The van der Waals surface area contributed by atoms with Crippen molar-refractivity contribution in [3.63, 3.8) is 0 Å². The van der Waals surface area contributed by atoms with Gasteiger partial charge in [0.2, 0.25) is 5.91 Å². The number of nitrogens with one attached hydrogen (secondary N) is 1. The predicted molar refractivity (Wildman–Crippen MR) is 50.8 cm³/mol. The number of hydrogen-bond donors (Lipinski definition) is 2. The summed E-state index contributed by atoms with van der Waals surface area (Å²) < 4.78 is 0. The Labute approximate surface area is 81.6 Å². The fourth-order valence-corrected chi connectivity index (χ4v) is 0.915. The number of amides is 1. The average molecular weight is 192 g/mol. The van der Waals surface area contributed by atoms with Crippen molar-refractivity contribution in [2.24, 2.45) is 0 Å². The van der Waals surface area contributed by atoms with E-state index in [4.69, 9.17) is 5.11 Å². The summed E-state index contributed by atoms with van der Waals surface area (Å²) >= 11 is 0. The second kappa shape index (κ2) is 5.01. The molecule has 1 radical (unpaired) electrons. The van der Waals surface area contributed by atoms with Gasteiger partial charge in [0.05, 0.1) is 6.42 Å². The Morgan fingerprint density at radius 2 is 2.21 bits per heavy atom. The summed E-state index contributed by atoms with van der Waals surface area (Å²) in [5, 5.41) is 10.9. The summed E-state index contributed by atoms with van der Waals surface area (Å²) in [6.45, 7) is 0. The molecule has 0 atom stereocenters. The zero-order chi connectivity index (χ0) is 10.4. The molecule has 4 heteroatoms. The Balaban J connectivity index is 2.38. The zero-order valence-corrected chi connectivity index (χ0v) is 7.49. The Hall–Kier alpha value is -1.84. The minimum Gasteiger partial charge on any atom is -0.481 e. The highest BCUT2D eigenvalue weighted by atomic mass is 16.4. The second-order valence-corrected chi connectivity index (χ2v) is 2.73. The number of carbonyl (C=O) groups is 2. The standard InChI is InChI=1S/C10H10NO3/c12-9(6-7-10(13)14)11-8-4-2-1-3-5-8/h1-2,4-5H,6-7H2,(H,11,12)(H,13,14). The first-order valence-corrected chi connectivity index (χ1v) is 4.16. The number of hydrogen-bond acceptors (Lipinski definition) is 2. The largest absolute Gasteiger partial charge is 0.481 e. The average Bonchev–Trinajstić information content (AvgIpc) is 2.16. The molecule has 2 N–H and O–H groups in total. The van der Waals surface area contributed by atoms with Crippen LogP contribution in [0.4, 0.5) is 5.69 Å². The smallest absolute Gasteiger partial charge is 0.303 e. The summed E-state index contributed by atoms with van der Waals surface area (Å²) in [7, 11) is 0. The maximum Gasteiger partial charge on any atom is 0.303 e. The van der Waals surface area contributed by atoms with Crippen molar-refractivity contribution in [2.75, 3.05) is 5.32 Å². The molecule has 0 bridgehead atoms. The molecule has 0 fully saturated rings. The van der Waals surface area contributed by atoms with E-state index in [2.05, 4.69) is 11.4 Å². The summed E-state index contributed by atoms with van der Waals surface area (Å²) in [5.74, 6) is -1.27. The molecule has 0 aliphatic heterocycles. The van der Waals surface area contributed by atoms with Crippen LogP contribution in [0, 0.1) is 6.07 Å². The quantitative estimate of drug-likeness (QED) is 0.755. The molecule has 0 saturated carbocycles. The molecule has 0 spiro atoms. The lowest BCUT2D eigenvalue weighted by Gasteiger charge is -2.02. The van der Waals surface area contributed by atoms with Gasteiger partial charge in [0, 0.05) is 12.1 Å². The van der Waals surface area contributed by atoms with Crippen molar-refractivity contribution < 1.29 is 14.7 Å². The van der Waals surface area contributed by atoms with Crippen LogP contribution in [0.3, 0.4) is 0 Å². The lowest BCUT2D eigenvalue weighted by molar-refractivity contribution is -0.138. The van der Waals surface area contributed by atoms with Gasteiger partial charge in [-0.2, -0.15) is 0 Å². The zero-order valence-electron chi connectivity index (χ0n) is 7.49. The van der Waals surface area contributed by atoms with Gasteiger partial charge >= 0.3 is 5.97 Å². The fraction of sp³-hybridized carbons (Fsp3) is 0.200. The van der Waals surface area contributed by atoms with E-state index >= 15 is 0 Å². The SMILES string of the molecule is O=C(O)CCC(=O)Nc1c[c]ccc1. The molecule has 0 heterocycles. The number of carbonyl (C=O) groups excluding carboxylic acids is 1. The molecule has 1 rings (SSSR count). The highest BCUT2D eigenvalue weighted by Crippen LogP contribution is 2.05. The second-order valence-electron chi connectivity index (χ2n) is 2.73. The van der Waals surface area contributed by atoms with E-state index < -0.39 is 5.97 Å². The van der Waals surface area contributed by atoms with E-state index in [1.165, 1.54) is 0 Å². The highest BCUT2D eigenvalue weighted by molar-refractivity contribution is 5.92. The summed E-state index contributed by atoms with van der Waals surface area (Å²) in [4.78, 5) is 21.3. The summed E-state index contributed by atoms with van der Waals surface area (Å²) in [6.07, 6.45) is -0.160. The first kappa shape index (κ1) is 10.2. The van der Waals surface area contributed by atoms with Crippen molar-refractivity contribution in [3.05, 3.63) is 30.3 Å². The van der Waals surface area contributed by atoms with E-state index in [0.717, 1.165) is 0 Å². The molecule has 0 saturated heterocycles. The van der Waals surface area contributed by atoms with Crippen LogP contribution in [0.5, 0.6) is 0 Å². The molecular weight excluding hydrogens is 182 g/mol. The van der Waals surface area contributed by atoms with Gasteiger partial charge in [-0.05, 0) is 18.2 Å². The molecule has 1 aromatic rings. The van der Waals surface area contributed by atoms with Gasteiger partial charge < -0.3 is 10.4 Å². The molecule has 1 amide bonds. The first-order chi connectivity index (χ1) is 6.68. The van der Waals surface area contributed by atoms with Gasteiger partial charge in [0.1, 0.15) is 0 Å². The third-order valence-electron chi connectivity index (χ3n) is 1.56. The van der Waals surface area contributed by atoms with Gasteiger partial charge in [-0.15, -0.1) is 0 Å². The highest BCUT2D eigenvalue weighted by Gasteiger charge is 2.04.